The zero-order chi connectivity index (χ0) is 15.6. The highest BCUT2D eigenvalue weighted by Crippen LogP contribution is 2.29. The van der Waals surface area contributed by atoms with Crippen LogP contribution < -0.4 is 0 Å². The lowest BCUT2D eigenvalue weighted by Crippen LogP contribution is -2.35. The summed E-state index contributed by atoms with van der Waals surface area (Å²) in [6.45, 7) is 8.67. The van der Waals surface area contributed by atoms with Crippen LogP contribution in [0.5, 0.6) is 0 Å². The third-order valence-corrected chi connectivity index (χ3v) is 3.94. The van der Waals surface area contributed by atoms with Crippen LogP contribution in [0.4, 0.5) is 0 Å². The van der Waals surface area contributed by atoms with Gasteiger partial charge in [0, 0.05) is 13.5 Å². The molecule has 3 heteroatoms. The molecule has 0 aliphatic rings. The summed E-state index contributed by atoms with van der Waals surface area (Å²) in [7, 11) is 2.04. The zero-order valence-electron chi connectivity index (χ0n) is 13.9. The largest absolute Gasteiger partial charge is 0.389 e. The fourth-order valence-corrected chi connectivity index (χ4v) is 3.40. The summed E-state index contributed by atoms with van der Waals surface area (Å²) in [5.41, 5.74) is 1.47. The summed E-state index contributed by atoms with van der Waals surface area (Å²) >= 11 is 0. The van der Waals surface area contributed by atoms with Crippen LogP contribution in [-0.2, 0) is 13.5 Å². The van der Waals surface area contributed by atoms with Crippen molar-refractivity contribution in [2.75, 3.05) is 0 Å². The molecule has 116 valence electrons. The van der Waals surface area contributed by atoms with Crippen molar-refractivity contribution in [1.82, 2.24) is 9.55 Å². The maximum absolute atomic E-state index is 11.1. The van der Waals surface area contributed by atoms with E-state index < -0.39 is 5.60 Å². The molecule has 1 aromatic heterocycles. The number of fused-ring (bicyclic) bond motifs is 1. The highest BCUT2D eigenvalue weighted by Gasteiger charge is 2.31. The van der Waals surface area contributed by atoms with Crippen LogP contribution in [0.2, 0.25) is 0 Å². The van der Waals surface area contributed by atoms with Gasteiger partial charge in [-0.25, -0.2) is 4.98 Å². The molecule has 1 N–H and O–H groups in total. The number of para-hydroxylation sites is 2. The number of rotatable bonds is 6. The number of hydrogen-bond acceptors (Lipinski definition) is 2. The fraction of sp³-hybridized carbons (Fsp3) is 0.611. The predicted molar refractivity (Wildman–Crippen MR) is 88.3 cm³/mol. The van der Waals surface area contributed by atoms with Gasteiger partial charge in [0.05, 0.1) is 16.6 Å². The normalized spacial score (nSPS) is 12.8. The molecule has 0 spiro atoms. The lowest BCUT2D eigenvalue weighted by molar-refractivity contribution is -0.00135. The van der Waals surface area contributed by atoms with Crippen molar-refractivity contribution >= 4 is 11.0 Å². The zero-order valence-corrected chi connectivity index (χ0v) is 13.9. The van der Waals surface area contributed by atoms with Gasteiger partial charge in [0.25, 0.3) is 0 Å². The van der Waals surface area contributed by atoms with Gasteiger partial charge in [-0.3, -0.25) is 0 Å². The Labute approximate surface area is 128 Å². The van der Waals surface area contributed by atoms with Gasteiger partial charge in [0.1, 0.15) is 5.82 Å². The Kier molecular flexibility index (Phi) is 4.72. The Bertz CT molecular complexity index is 588. The van der Waals surface area contributed by atoms with Crippen molar-refractivity contribution in [3.05, 3.63) is 30.1 Å². The minimum atomic E-state index is -0.669. The molecule has 0 fully saturated rings. The smallest absolute Gasteiger partial charge is 0.112 e. The minimum Gasteiger partial charge on any atom is -0.389 e. The number of aryl methyl sites for hydroxylation is 1. The van der Waals surface area contributed by atoms with E-state index in [9.17, 15) is 5.11 Å². The van der Waals surface area contributed by atoms with E-state index in [1.165, 1.54) is 0 Å². The van der Waals surface area contributed by atoms with Crippen molar-refractivity contribution in [1.29, 1.82) is 0 Å². The van der Waals surface area contributed by atoms with E-state index in [1.54, 1.807) is 0 Å². The Hall–Kier alpha value is -1.35. The molecule has 0 atom stereocenters. The Morgan fingerprint density at radius 2 is 1.67 bits per heavy atom. The molecule has 2 aromatic rings. The quantitative estimate of drug-likeness (QED) is 0.874. The van der Waals surface area contributed by atoms with Gasteiger partial charge in [-0.1, -0.05) is 39.8 Å². The number of aliphatic hydroxyl groups is 1. The third-order valence-electron chi connectivity index (χ3n) is 3.94. The standard InChI is InChI=1S/C18H28N2O/c1-13(2)10-18(21,11-14(3)4)12-17-19-15-8-6-7-9-16(15)20(17)5/h6-9,13-14,21H,10-12H2,1-5H3. The second-order valence-corrected chi connectivity index (χ2v) is 7.17. The number of nitrogens with zero attached hydrogens (tertiary/aromatic N) is 2. The second-order valence-electron chi connectivity index (χ2n) is 7.17. The molecular formula is C18H28N2O. The van der Waals surface area contributed by atoms with E-state index in [-0.39, 0.29) is 0 Å². The molecule has 21 heavy (non-hydrogen) atoms. The summed E-state index contributed by atoms with van der Waals surface area (Å²) < 4.78 is 2.11. The van der Waals surface area contributed by atoms with Crippen LogP contribution in [0.1, 0.15) is 46.4 Å². The first kappa shape index (κ1) is 16.0. The van der Waals surface area contributed by atoms with Gasteiger partial charge in [-0.2, -0.15) is 0 Å². The van der Waals surface area contributed by atoms with Crippen LogP contribution in [0, 0.1) is 11.8 Å². The molecule has 0 aliphatic heterocycles. The first-order chi connectivity index (χ1) is 9.81. The summed E-state index contributed by atoms with van der Waals surface area (Å²) in [6, 6.07) is 8.15. The molecule has 0 aliphatic carbocycles. The van der Waals surface area contributed by atoms with E-state index in [0.717, 1.165) is 29.7 Å². The van der Waals surface area contributed by atoms with Crippen LogP contribution in [0.15, 0.2) is 24.3 Å². The van der Waals surface area contributed by atoms with Gasteiger partial charge in [0.2, 0.25) is 0 Å². The maximum Gasteiger partial charge on any atom is 0.112 e. The van der Waals surface area contributed by atoms with Crippen LogP contribution >= 0.6 is 0 Å². The average Bonchev–Trinajstić information content (AvgIpc) is 2.64. The third kappa shape index (κ3) is 3.85. The van der Waals surface area contributed by atoms with Crippen molar-refractivity contribution < 1.29 is 5.11 Å². The fourth-order valence-electron chi connectivity index (χ4n) is 3.40. The number of benzene rings is 1. The van der Waals surface area contributed by atoms with Crippen LogP contribution in [0.25, 0.3) is 11.0 Å². The number of aromatic nitrogens is 2. The van der Waals surface area contributed by atoms with E-state index >= 15 is 0 Å². The SMILES string of the molecule is CC(C)CC(O)(Cc1nc2ccccc2n1C)CC(C)C. The van der Waals surface area contributed by atoms with Crippen molar-refractivity contribution in [3.63, 3.8) is 0 Å². The molecule has 0 unspecified atom stereocenters. The van der Waals surface area contributed by atoms with E-state index in [1.807, 2.05) is 25.2 Å². The number of imidazole rings is 1. The molecule has 0 amide bonds. The van der Waals surface area contributed by atoms with E-state index in [0.29, 0.717) is 18.3 Å². The van der Waals surface area contributed by atoms with Crippen molar-refractivity contribution in [3.8, 4) is 0 Å². The van der Waals surface area contributed by atoms with Gasteiger partial charge in [-0.15, -0.1) is 0 Å². The Morgan fingerprint density at radius 3 is 2.19 bits per heavy atom. The summed E-state index contributed by atoms with van der Waals surface area (Å²) in [6.07, 6.45) is 2.25. The predicted octanol–water partition coefficient (Wildman–Crippen LogP) is 3.94. The Morgan fingerprint density at radius 1 is 1.10 bits per heavy atom. The first-order valence-corrected chi connectivity index (χ1v) is 7.93. The lowest BCUT2D eigenvalue weighted by Gasteiger charge is -2.31. The topological polar surface area (TPSA) is 38.1 Å². The first-order valence-electron chi connectivity index (χ1n) is 7.93. The van der Waals surface area contributed by atoms with Gasteiger partial charge in [0.15, 0.2) is 0 Å². The van der Waals surface area contributed by atoms with Gasteiger partial charge >= 0.3 is 0 Å². The van der Waals surface area contributed by atoms with Crippen molar-refractivity contribution in [2.45, 2.75) is 52.6 Å². The van der Waals surface area contributed by atoms with E-state index in [2.05, 4.69) is 38.3 Å². The van der Waals surface area contributed by atoms with E-state index in [4.69, 9.17) is 4.98 Å². The Balaban J connectivity index is 2.31. The highest BCUT2D eigenvalue weighted by molar-refractivity contribution is 5.75. The number of hydrogen-bond donors (Lipinski definition) is 1. The summed E-state index contributed by atoms with van der Waals surface area (Å²) in [4.78, 5) is 4.71. The second kappa shape index (κ2) is 6.18. The van der Waals surface area contributed by atoms with Gasteiger partial charge < -0.3 is 9.67 Å². The van der Waals surface area contributed by atoms with Crippen LogP contribution in [-0.4, -0.2) is 20.3 Å². The highest BCUT2D eigenvalue weighted by atomic mass is 16.3. The molecule has 0 saturated heterocycles. The maximum atomic E-state index is 11.1. The summed E-state index contributed by atoms with van der Waals surface area (Å²) in [5.74, 6) is 1.92. The summed E-state index contributed by atoms with van der Waals surface area (Å²) in [5, 5.41) is 11.1. The molecule has 1 aromatic carbocycles. The molecule has 3 nitrogen and oxygen atoms in total. The molecule has 1 heterocycles. The lowest BCUT2D eigenvalue weighted by atomic mass is 9.82. The molecule has 0 radical (unpaired) electrons. The molecule has 0 bridgehead atoms. The average molecular weight is 288 g/mol. The van der Waals surface area contributed by atoms with Crippen molar-refractivity contribution in [2.24, 2.45) is 18.9 Å². The molecular weight excluding hydrogens is 260 g/mol. The minimum absolute atomic E-state index is 0.475. The molecule has 0 saturated carbocycles. The van der Waals surface area contributed by atoms with Gasteiger partial charge in [-0.05, 0) is 36.8 Å². The molecule has 2 rings (SSSR count). The van der Waals surface area contributed by atoms with Crippen LogP contribution in [0.3, 0.4) is 0 Å². The monoisotopic (exact) mass is 288 g/mol.